The van der Waals surface area contributed by atoms with Crippen LogP contribution in [0.1, 0.15) is 43.0 Å². The second-order valence-electron chi connectivity index (χ2n) is 8.28. The van der Waals surface area contributed by atoms with Gasteiger partial charge in [-0.1, -0.05) is 24.3 Å². The van der Waals surface area contributed by atoms with Gasteiger partial charge in [0.05, 0.1) is 6.10 Å². The van der Waals surface area contributed by atoms with E-state index in [0.29, 0.717) is 6.04 Å². The maximum atomic E-state index is 13.0. The van der Waals surface area contributed by atoms with Gasteiger partial charge in [-0.3, -0.25) is 0 Å². The lowest BCUT2D eigenvalue weighted by molar-refractivity contribution is -0.159. The Kier molecular flexibility index (Phi) is 8.19. The molecule has 0 radical (unpaired) electrons. The van der Waals surface area contributed by atoms with E-state index in [2.05, 4.69) is 33.9 Å². The molecule has 3 N–H and O–H groups in total. The molecule has 1 fully saturated rings. The molecule has 1 saturated heterocycles. The summed E-state index contributed by atoms with van der Waals surface area (Å²) in [5.41, 5.74) is 3.39. The smallest absolute Gasteiger partial charge is 0.414 e. The number of carboxylic acid groups (broad SMARTS) is 2. The van der Waals surface area contributed by atoms with Crippen molar-refractivity contribution in [2.45, 2.75) is 38.3 Å². The maximum Gasteiger partial charge on any atom is 0.414 e. The third-order valence-electron chi connectivity index (χ3n) is 5.99. The number of hydrogen-bond acceptors (Lipinski definition) is 4. The summed E-state index contributed by atoms with van der Waals surface area (Å²) in [6, 6.07) is 15.8. The number of piperidine rings is 1. The fraction of sp³-hybridized carbons (Fsp3) is 0.360. The summed E-state index contributed by atoms with van der Waals surface area (Å²) < 4.78 is 15.4. The molecule has 2 heterocycles. The standard InChI is InChI=1S/C23H27FN2O.C2H2O4/c1-17(27)20-5-4-19-9-15-26(23(19)16-20)22-10-13-25(14-11-22)12-8-18-2-6-21(24)7-3-18;3-1(4)2(5)6/h2-7,9,15-17,22,27H,8,10-14H2,1H3;(H,3,4)(H,5,6). The molecule has 1 atom stereocenters. The Balaban J connectivity index is 0.000000454. The zero-order valence-corrected chi connectivity index (χ0v) is 18.5. The van der Waals surface area contributed by atoms with Gasteiger partial charge < -0.3 is 24.8 Å². The van der Waals surface area contributed by atoms with Gasteiger partial charge >= 0.3 is 11.9 Å². The highest BCUT2D eigenvalue weighted by molar-refractivity contribution is 6.27. The van der Waals surface area contributed by atoms with Crippen LogP contribution >= 0.6 is 0 Å². The van der Waals surface area contributed by atoms with E-state index in [0.717, 1.165) is 44.5 Å². The summed E-state index contributed by atoms with van der Waals surface area (Å²) in [6.07, 6.45) is 4.98. The normalized spacial score (nSPS) is 15.6. The molecule has 0 spiro atoms. The molecule has 1 aromatic heterocycles. The number of rotatable bonds is 5. The monoisotopic (exact) mass is 456 g/mol. The quantitative estimate of drug-likeness (QED) is 0.504. The first kappa shape index (κ1) is 24.4. The molecule has 4 rings (SSSR count). The number of nitrogens with zero attached hydrogens (tertiary/aromatic N) is 2. The molecule has 33 heavy (non-hydrogen) atoms. The van der Waals surface area contributed by atoms with Gasteiger partial charge in [0.15, 0.2) is 0 Å². The highest BCUT2D eigenvalue weighted by Gasteiger charge is 2.21. The summed E-state index contributed by atoms with van der Waals surface area (Å²) in [5.74, 6) is -3.82. The minimum absolute atomic E-state index is 0.169. The van der Waals surface area contributed by atoms with Crippen LogP contribution in [0.25, 0.3) is 10.9 Å². The molecular formula is C25H29FN2O5. The van der Waals surface area contributed by atoms with Crippen molar-refractivity contribution in [3.63, 3.8) is 0 Å². The van der Waals surface area contributed by atoms with Crippen molar-refractivity contribution in [1.29, 1.82) is 0 Å². The van der Waals surface area contributed by atoms with Gasteiger partial charge in [0.2, 0.25) is 0 Å². The Morgan fingerprint density at radius 2 is 1.67 bits per heavy atom. The Hall–Kier alpha value is -3.23. The van der Waals surface area contributed by atoms with Gasteiger partial charge in [-0.2, -0.15) is 0 Å². The van der Waals surface area contributed by atoms with Crippen LogP contribution in [0.3, 0.4) is 0 Å². The van der Waals surface area contributed by atoms with Crippen molar-refractivity contribution in [1.82, 2.24) is 9.47 Å². The first-order valence-corrected chi connectivity index (χ1v) is 11.0. The number of hydrogen-bond donors (Lipinski definition) is 3. The second-order valence-corrected chi connectivity index (χ2v) is 8.28. The van der Waals surface area contributed by atoms with Crippen LogP contribution in [0.15, 0.2) is 54.7 Å². The number of aliphatic hydroxyl groups excluding tert-OH is 1. The topological polar surface area (TPSA) is 103 Å². The minimum atomic E-state index is -1.82. The van der Waals surface area contributed by atoms with Crippen molar-refractivity contribution < 1.29 is 29.3 Å². The van der Waals surface area contributed by atoms with Gasteiger partial charge in [-0.05, 0) is 67.0 Å². The van der Waals surface area contributed by atoms with Crippen LogP contribution in [0.5, 0.6) is 0 Å². The van der Waals surface area contributed by atoms with Crippen LogP contribution in [-0.2, 0) is 16.0 Å². The van der Waals surface area contributed by atoms with Crippen LogP contribution in [0, 0.1) is 5.82 Å². The van der Waals surface area contributed by atoms with Gasteiger partial charge in [-0.25, -0.2) is 14.0 Å². The molecule has 1 aliphatic rings. The van der Waals surface area contributed by atoms with E-state index in [4.69, 9.17) is 19.8 Å². The van der Waals surface area contributed by atoms with E-state index in [9.17, 15) is 9.50 Å². The average Bonchev–Trinajstić information content (AvgIpc) is 3.22. The number of aliphatic hydroxyl groups is 1. The first-order valence-electron chi connectivity index (χ1n) is 11.0. The number of carboxylic acids is 2. The van der Waals surface area contributed by atoms with Gasteiger partial charge in [-0.15, -0.1) is 0 Å². The van der Waals surface area contributed by atoms with Gasteiger partial charge in [0, 0.05) is 37.4 Å². The molecule has 1 aliphatic heterocycles. The zero-order valence-electron chi connectivity index (χ0n) is 18.5. The van der Waals surface area contributed by atoms with E-state index in [1.54, 1.807) is 12.1 Å². The van der Waals surface area contributed by atoms with E-state index < -0.39 is 18.0 Å². The van der Waals surface area contributed by atoms with Crippen molar-refractivity contribution >= 4 is 22.8 Å². The van der Waals surface area contributed by atoms with Crippen LogP contribution in [0.2, 0.25) is 0 Å². The number of benzene rings is 2. The summed E-state index contributed by atoms with van der Waals surface area (Å²) >= 11 is 0. The van der Waals surface area contributed by atoms with Gasteiger partial charge in [0.25, 0.3) is 0 Å². The third kappa shape index (κ3) is 6.63. The molecule has 0 bridgehead atoms. The molecule has 3 aromatic rings. The third-order valence-corrected chi connectivity index (χ3v) is 5.99. The molecule has 8 heteroatoms. The van der Waals surface area contributed by atoms with Crippen molar-refractivity contribution in [3.05, 3.63) is 71.7 Å². The first-order chi connectivity index (χ1) is 15.7. The number of carbonyl (C=O) groups is 2. The number of fused-ring (bicyclic) bond motifs is 1. The molecule has 7 nitrogen and oxygen atoms in total. The van der Waals surface area contributed by atoms with Crippen molar-refractivity contribution in [2.24, 2.45) is 0 Å². The molecular weight excluding hydrogens is 427 g/mol. The lowest BCUT2D eigenvalue weighted by atomic mass is 10.0. The second kappa shape index (κ2) is 11.1. The Morgan fingerprint density at radius 3 is 2.24 bits per heavy atom. The predicted molar refractivity (Wildman–Crippen MR) is 123 cm³/mol. The largest absolute Gasteiger partial charge is 0.473 e. The lowest BCUT2D eigenvalue weighted by Gasteiger charge is -2.33. The molecule has 1 unspecified atom stereocenters. The highest BCUT2D eigenvalue weighted by atomic mass is 19.1. The summed E-state index contributed by atoms with van der Waals surface area (Å²) in [4.78, 5) is 20.7. The molecule has 2 aromatic carbocycles. The summed E-state index contributed by atoms with van der Waals surface area (Å²) in [6.45, 7) is 5.01. The van der Waals surface area contributed by atoms with E-state index in [1.165, 1.54) is 16.5 Å². The number of aromatic nitrogens is 1. The number of likely N-dealkylation sites (tertiary alicyclic amines) is 1. The summed E-state index contributed by atoms with van der Waals surface area (Å²) in [7, 11) is 0. The van der Waals surface area contributed by atoms with E-state index >= 15 is 0 Å². The van der Waals surface area contributed by atoms with Crippen LogP contribution in [0.4, 0.5) is 4.39 Å². The number of halogens is 1. The average molecular weight is 457 g/mol. The Labute approximate surface area is 191 Å². The summed E-state index contributed by atoms with van der Waals surface area (Å²) in [5, 5.41) is 25.9. The minimum Gasteiger partial charge on any atom is -0.473 e. The van der Waals surface area contributed by atoms with Crippen molar-refractivity contribution in [2.75, 3.05) is 19.6 Å². The SMILES string of the molecule is CC(O)c1ccc2ccn(C3CCN(CCc4ccc(F)cc4)CC3)c2c1.O=C(O)C(=O)O. The van der Waals surface area contributed by atoms with Crippen LogP contribution in [-0.4, -0.2) is 56.4 Å². The number of aliphatic carboxylic acids is 2. The lowest BCUT2D eigenvalue weighted by Crippen LogP contribution is -2.35. The van der Waals surface area contributed by atoms with E-state index in [1.807, 2.05) is 25.1 Å². The fourth-order valence-corrected chi connectivity index (χ4v) is 4.10. The Morgan fingerprint density at radius 1 is 1.03 bits per heavy atom. The molecule has 176 valence electrons. The van der Waals surface area contributed by atoms with Gasteiger partial charge in [0.1, 0.15) is 5.82 Å². The molecule has 0 aliphatic carbocycles. The maximum absolute atomic E-state index is 13.0. The van der Waals surface area contributed by atoms with E-state index in [-0.39, 0.29) is 5.82 Å². The van der Waals surface area contributed by atoms with Crippen LogP contribution < -0.4 is 0 Å². The molecule has 0 amide bonds. The van der Waals surface area contributed by atoms with Crippen molar-refractivity contribution in [3.8, 4) is 0 Å². The Bertz CT molecular complexity index is 1070. The zero-order chi connectivity index (χ0) is 24.0. The molecule has 0 saturated carbocycles. The fourth-order valence-electron chi connectivity index (χ4n) is 4.10. The highest BCUT2D eigenvalue weighted by Crippen LogP contribution is 2.29. The predicted octanol–water partition coefficient (Wildman–Crippen LogP) is 3.87.